The molecule has 0 saturated carbocycles. The molecule has 2 rings (SSSR count). The average molecular weight is 231 g/mol. The number of aromatic nitrogens is 2. The van der Waals surface area contributed by atoms with Gasteiger partial charge in [-0.15, -0.1) is 0 Å². The van der Waals surface area contributed by atoms with Crippen molar-refractivity contribution in [3.05, 3.63) is 47.9 Å². The summed E-state index contributed by atoms with van der Waals surface area (Å²) >= 11 is 0. The fraction of sp³-hybridized carbons (Fsp3) is 0.250. The van der Waals surface area contributed by atoms with Gasteiger partial charge in [0.1, 0.15) is 5.76 Å². The number of nitrogens with one attached hydrogen (secondary N) is 1. The van der Waals surface area contributed by atoms with Gasteiger partial charge in [0, 0.05) is 18.9 Å². The molecule has 2 heterocycles. The van der Waals surface area contributed by atoms with Crippen LogP contribution < -0.4 is 5.32 Å². The third kappa shape index (κ3) is 3.14. The zero-order chi connectivity index (χ0) is 12.1. The van der Waals surface area contributed by atoms with E-state index in [0.29, 0.717) is 12.3 Å². The molecule has 5 nitrogen and oxygen atoms in total. The Labute approximate surface area is 98.9 Å². The van der Waals surface area contributed by atoms with Gasteiger partial charge in [0.2, 0.25) is 0 Å². The average Bonchev–Trinajstić information content (AvgIpc) is 2.77. The Bertz CT molecular complexity index is 493. The Morgan fingerprint density at radius 1 is 1.47 bits per heavy atom. The molecule has 0 aliphatic rings. The Kier molecular flexibility index (Phi) is 3.49. The van der Waals surface area contributed by atoms with Crippen molar-refractivity contribution in [2.45, 2.75) is 13.3 Å². The first-order valence-corrected chi connectivity index (χ1v) is 5.35. The van der Waals surface area contributed by atoms with Crippen LogP contribution in [0, 0.1) is 6.92 Å². The van der Waals surface area contributed by atoms with E-state index in [9.17, 15) is 4.79 Å². The molecule has 0 aliphatic carbocycles. The summed E-state index contributed by atoms with van der Waals surface area (Å²) in [7, 11) is 0. The van der Waals surface area contributed by atoms with Crippen LogP contribution in [0.5, 0.6) is 0 Å². The number of nitrogens with zero attached hydrogens (tertiary/aromatic N) is 2. The molecule has 17 heavy (non-hydrogen) atoms. The number of aryl methyl sites for hydroxylation is 1. The normalized spacial score (nSPS) is 10.2. The van der Waals surface area contributed by atoms with E-state index in [2.05, 4.69) is 15.3 Å². The molecule has 5 heteroatoms. The number of oxazole rings is 1. The minimum atomic E-state index is -0.290. The van der Waals surface area contributed by atoms with Gasteiger partial charge in [-0.2, -0.15) is 0 Å². The van der Waals surface area contributed by atoms with Gasteiger partial charge < -0.3 is 9.73 Å². The summed E-state index contributed by atoms with van der Waals surface area (Å²) < 4.78 is 5.11. The molecule has 0 saturated heterocycles. The molecule has 0 atom stereocenters. The largest absolute Gasteiger partial charge is 0.438 e. The van der Waals surface area contributed by atoms with E-state index < -0.39 is 0 Å². The van der Waals surface area contributed by atoms with Crippen LogP contribution in [-0.2, 0) is 6.42 Å². The Balaban J connectivity index is 1.81. The van der Waals surface area contributed by atoms with E-state index in [4.69, 9.17) is 4.42 Å². The van der Waals surface area contributed by atoms with Gasteiger partial charge in [-0.1, -0.05) is 6.07 Å². The highest BCUT2D eigenvalue weighted by atomic mass is 16.4. The molecule has 0 aliphatic heterocycles. The molecule has 0 fully saturated rings. The number of hydrogen-bond donors (Lipinski definition) is 1. The highest BCUT2D eigenvalue weighted by Gasteiger charge is 2.10. The minimum absolute atomic E-state index is 0.105. The van der Waals surface area contributed by atoms with Crippen LogP contribution in [0.2, 0.25) is 0 Å². The maximum absolute atomic E-state index is 11.6. The van der Waals surface area contributed by atoms with Gasteiger partial charge in [0.15, 0.2) is 0 Å². The SMILES string of the molecule is Cc1cnc(C(=O)NCCc2cccnc2)o1. The number of carbonyl (C=O) groups is 1. The summed E-state index contributed by atoms with van der Waals surface area (Å²) in [6.45, 7) is 2.28. The summed E-state index contributed by atoms with van der Waals surface area (Å²) in [6, 6.07) is 3.84. The number of amides is 1. The van der Waals surface area contributed by atoms with Crippen LogP contribution >= 0.6 is 0 Å². The van der Waals surface area contributed by atoms with Crippen molar-refractivity contribution in [3.8, 4) is 0 Å². The molecule has 0 unspecified atom stereocenters. The van der Waals surface area contributed by atoms with Gasteiger partial charge in [-0.3, -0.25) is 9.78 Å². The van der Waals surface area contributed by atoms with E-state index >= 15 is 0 Å². The second-order valence-corrected chi connectivity index (χ2v) is 3.64. The van der Waals surface area contributed by atoms with E-state index in [0.717, 1.165) is 12.0 Å². The van der Waals surface area contributed by atoms with Gasteiger partial charge in [-0.25, -0.2) is 4.98 Å². The monoisotopic (exact) mass is 231 g/mol. The molecular formula is C12H13N3O2. The first-order valence-electron chi connectivity index (χ1n) is 5.35. The van der Waals surface area contributed by atoms with E-state index in [1.54, 1.807) is 19.3 Å². The first-order chi connectivity index (χ1) is 8.25. The molecule has 88 valence electrons. The zero-order valence-electron chi connectivity index (χ0n) is 9.51. The van der Waals surface area contributed by atoms with E-state index in [-0.39, 0.29) is 11.8 Å². The van der Waals surface area contributed by atoms with Crippen molar-refractivity contribution >= 4 is 5.91 Å². The lowest BCUT2D eigenvalue weighted by Crippen LogP contribution is -2.25. The maximum atomic E-state index is 11.6. The molecule has 1 amide bonds. The number of pyridine rings is 1. The lowest BCUT2D eigenvalue weighted by atomic mass is 10.2. The van der Waals surface area contributed by atoms with Crippen LogP contribution in [0.3, 0.4) is 0 Å². The standard InChI is InChI=1S/C12H13N3O2/c1-9-7-15-12(17-9)11(16)14-6-4-10-3-2-5-13-8-10/h2-3,5,7-8H,4,6H2,1H3,(H,14,16). The van der Waals surface area contributed by atoms with E-state index in [1.807, 2.05) is 12.1 Å². The molecule has 2 aromatic heterocycles. The number of hydrogen-bond acceptors (Lipinski definition) is 4. The lowest BCUT2D eigenvalue weighted by Gasteiger charge is -2.02. The highest BCUT2D eigenvalue weighted by molar-refractivity contribution is 5.89. The molecule has 0 radical (unpaired) electrons. The predicted octanol–water partition coefficient (Wildman–Crippen LogP) is 1.35. The predicted molar refractivity (Wildman–Crippen MR) is 61.5 cm³/mol. The summed E-state index contributed by atoms with van der Waals surface area (Å²) in [5, 5.41) is 2.74. The van der Waals surface area contributed by atoms with Crippen molar-refractivity contribution in [1.29, 1.82) is 0 Å². The Hall–Kier alpha value is -2.17. The zero-order valence-corrected chi connectivity index (χ0v) is 9.51. The van der Waals surface area contributed by atoms with Crippen LogP contribution in [-0.4, -0.2) is 22.4 Å². The lowest BCUT2D eigenvalue weighted by molar-refractivity contribution is 0.0918. The van der Waals surface area contributed by atoms with Crippen molar-refractivity contribution in [2.75, 3.05) is 6.54 Å². The fourth-order valence-electron chi connectivity index (χ4n) is 1.40. The molecule has 0 aromatic carbocycles. The van der Waals surface area contributed by atoms with Gasteiger partial charge in [0.25, 0.3) is 5.89 Å². The topological polar surface area (TPSA) is 68.0 Å². The van der Waals surface area contributed by atoms with Gasteiger partial charge in [-0.05, 0) is 25.0 Å². The summed E-state index contributed by atoms with van der Waals surface area (Å²) in [5.74, 6) is 0.443. The van der Waals surface area contributed by atoms with E-state index in [1.165, 1.54) is 6.20 Å². The number of rotatable bonds is 4. The highest BCUT2D eigenvalue weighted by Crippen LogP contribution is 2.01. The van der Waals surface area contributed by atoms with Crippen molar-refractivity contribution in [1.82, 2.24) is 15.3 Å². The van der Waals surface area contributed by atoms with Crippen LogP contribution in [0.25, 0.3) is 0 Å². The van der Waals surface area contributed by atoms with Crippen LogP contribution in [0.15, 0.2) is 35.1 Å². The summed E-state index contributed by atoms with van der Waals surface area (Å²) in [6.07, 6.45) is 5.76. The third-order valence-corrected chi connectivity index (χ3v) is 2.24. The second-order valence-electron chi connectivity index (χ2n) is 3.64. The fourth-order valence-corrected chi connectivity index (χ4v) is 1.40. The molecule has 1 N–H and O–H groups in total. The minimum Gasteiger partial charge on any atom is -0.438 e. The number of carbonyl (C=O) groups excluding carboxylic acids is 1. The van der Waals surface area contributed by atoms with Gasteiger partial charge >= 0.3 is 5.91 Å². The smallest absolute Gasteiger partial charge is 0.307 e. The molecular weight excluding hydrogens is 218 g/mol. The summed E-state index contributed by atoms with van der Waals surface area (Å²) in [4.78, 5) is 19.4. The Morgan fingerprint density at radius 2 is 2.35 bits per heavy atom. The quantitative estimate of drug-likeness (QED) is 0.862. The Morgan fingerprint density at radius 3 is 3.00 bits per heavy atom. The maximum Gasteiger partial charge on any atom is 0.307 e. The molecule has 0 bridgehead atoms. The van der Waals surface area contributed by atoms with Crippen molar-refractivity contribution in [3.63, 3.8) is 0 Å². The van der Waals surface area contributed by atoms with Crippen molar-refractivity contribution in [2.24, 2.45) is 0 Å². The first kappa shape index (κ1) is 11.3. The third-order valence-electron chi connectivity index (χ3n) is 2.24. The van der Waals surface area contributed by atoms with Gasteiger partial charge in [0.05, 0.1) is 6.20 Å². The second kappa shape index (κ2) is 5.25. The molecule has 0 spiro atoms. The van der Waals surface area contributed by atoms with Crippen LogP contribution in [0.4, 0.5) is 0 Å². The molecule has 2 aromatic rings. The van der Waals surface area contributed by atoms with Crippen molar-refractivity contribution < 1.29 is 9.21 Å². The summed E-state index contributed by atoms with van der Waals surface area (Å²) in [5.41, 5.74) is 1.08. The van der Waals surface area contributed by atoms with Crippen LogP contribution in [0.1, 0.15) is 22.0 Å².